The molecule has 1 N–H and O–H groups in total. The topological polar surface area (TPSA) is 44.8 Å². The van der Waals surface area contributed by atoms with Gasteiger partial charge in [-0.3, -0.25) is 0 Å². The molecule has 0 amide bonds. The molecule has 1 atom stereocenters. The number of nitrogens with zero attached hydrogens (tertiary/aromatic N) is 3. The summed E-state index contributed by atoms with van der Waals surface area (Å²) in [6.45, 7) is 1.99. The Kier molecular flexibility index (Phi) is 3.57. The summed E-state index contributed by atoms with van der Waals surface area (Å²) in [5.74, 6) is 0.362. The third-order valence-corrected chi connectivity index (χ3v) is 5.30. The monoisotopic (exact) mass is 340 g/mol. The molecule has 0 radical (unpaired) electrons. The molecule has 2 aromatic carbocycles. The Bertz CT molecular complexity index is 1030. The molecule has 4 heteroatoms. The Hall–Kier alpha value is -2.98. The smallest absolute Gasteiger partial charge is 0.0574 e. The summed E-state index contributed by atoms with van der Waals surface area (Å²) >= 11 is 0. The summed E-state index contributed by atoms with van der Waals surface area (Å²) in [4.78, 5) is 6.02. The molecule has 128 valence electrons. The van der Waals surface area contributed by atoms with Gasteiger partial charge in [0.25, 0.3) is 0 Å². The highest BCUT2D eigenvalue weighted by atomic mass is 15.1. The van der Waals surface area contributed by atoms with Crippen LogP contribution in [0.5, 0.6) is 0 Å². The van der Waals surface area contributed by atoms with Gasteiger partial charge in [0.1, 0.15) is 0 Å². The molecule has 1 aliphatic heterocycles. The van der Waals surface area contributed by atoms with Gasteiger partial charge >= 0.3 is 0 Å². The van der Waals surface area contributed by atoms with Crippen LogP contribution in [0.15, 0.2) is 67.0 Å². The van der Waals surface area contributed by atoms with Crippen molar-refractivity contribution in [3.05, 3.63) is 83.8 Å². The van der Waals surface area contributed by atoms with Crippen molar-refractivity contribution < 1.29 is 0 Å². The zero-order chi connectivity index (χ0) is 17.5. The summed E-state index contributed by atoms with van der Waals surface area (Å²) in [5.41, 5.74) is 7.61. The fourth-order valence-corrected chi connectivity index (χ4v) is 4.04. The molecule has 1 aliphatic rings. The molecule has 4 aromatic rings. The Morgan fingerprint density at radius 3 is 2.77 bits per heavy atom. The van der Waals surface area contributed by atoms with Crippen molar-refractivity contribution in [3.63, 3.8) is 0 Å². The summed E-state index contributed by atoms with van der Waals surface area (Å²) in [7, 11) is 2.19. The van der Waals surface area contributed by atoms with Gasteiger partial charge in [-0.05, 0) is 53.4 Å². The lowest BCUT2D eigenvalue weighted by atomic mass is 9.86. The van der Waals surface area contributed by atoms with Gasteiger partial charge in [-0.1, -0.05) is 30.3 Å². The maximum absolute atomic E-state index is 4.01. The average Bonchev–Trinajstić information content (AvgIpc) is 3.11. The van der Waals surface area contributed by atoms with Crippen LogP contribution in [0.1, 0.15) is 22.7 Å². The number of likely N-dealkylation sites (N-methyl/N-ethyl adjacent to an activating group) is 1. The van der Waals surface area contributed by atoms with E-state index in [2.05, 4.69) is 75.7 Å². The number of hydrogen-bond donors (Lipinski definition) is 1. The number of fused-ring (bicyclic) bond motifs is 2. The number of benzene rings is 2. The fraction of sp³-hybridized carbons (Fsp3) is 0.182. The van der Waals surface area contributed by atoms with Crippen LogP contribution in [0.2, 0.25) is 0 Å². The van der Waals surface area contributed by atoms with Crippen molar-refractivity contribution in [2.75, 3.05) is 13.6 Å². The lowest BCUT2D eigenvalue weighted by molar-refractivity contribution is 0.294. The van der Waals surface area contributed by atoms with Crippen molar-refractivity contribution in [1.29, 1.82) is 0 Å². The maximum atomic E-state index is 4.01. The third kappa shape index (κ3) is 2.59. The normalized spacial score (nSPS) is 17.3. The molecule has 2 aromatic heterocycles. The molecule has 26 heavy (non-hydrogen) atoms. The van der Waals surface area contributed by atoms with E-state index in [0.717, 1.165) is 18.7 Å². The number of aromatic amines is 1. The van der Waals surface area contributed by atoms with Crippen LogP contribution in [0, 0.1) is 0 Å². The van der Waals surface area contributed by atoms with E-state index in [4.69, 9.17) is 0 Å². The highest BCUT2D eigenvalue weighted by Gasteiger charge is 2.26. The Balaban J connectivity index is 1.59. The molecule has 0 spiro atoms. The minimum atomic E-state index is 0.362. The van der Waals surface area contributed by atoms with E-state index in [1.807, 2.05) is 12.3 Å². The SMILES string of the molecule is CN1Cc2cc(-c3ccnnc3)ccc2C(c2cc3ccccc3[nH]2)C1. The molecule has 0 fully saturated rings. The molecule has 3 heterocycles. The minimum Gasteiger partial charge on any atom is -0.358 e. The summed E-state index contributed by atoms with van der Waals surface area (Å²) in [6.07, 6.45) is 3.57. The highest BCUT2D eigenvalue weighted by Crippen LogP contribution is 2.36. The second kappa shape index (κ2) is 6.07. The van der Waals surface area contributed by atoms with Gasteiger partial charge in [0.15, 0.2) is 0 Å². The molecule has 4 nitrogen and oxygen atoms in total. The Morgan fingerprint density at radius 2 is 1.92 bits per heavy atom. The van der Waals surface area contributed by atoms with E-state index in [1.54, 1.807) is 6.20 Å². The average molecular weight is 340 g/mol. The molecular weight excluding hydrogens is 320 g/mol. The first kappa shape index (κ1) is 15.3. The zero-order valence-corrected chi connectivity index (χ0v) is 14.7. The van der Waals surface area contributed by atoms with Crippen LogP contribution < -0.4 is 0 Å². The number of aromatic nitrogens is 3. The van der Waals surface area contributed by atoms with Crippen LogP contribution in [-0.2, 0) is 6.54 Å². The molecule has 0 bridgehead atoms. The van der Waals surface area contributed by atoms with E-state index in [9.17, 15) is 0 Å². The first-order valence-corrected chi connectivity index (χ1v) is 8.94. The quantitative estimate of drug-likeness (QED) is 0.595. The van der Waals surface area contributed by atoms with Crippen molar-refractivity contribution in [1.82, 2.24) is 20.1 Å². The van der Waals surface area contributed by atoms with Gasteiger partial charge in [-0.2, -0.15) is 10.2 Å². The van der Waals surface area contributed by atoms with Gasteiger partial charge in [-0.15, -0.1) is 0 Å². The van der Waals surface area contributed by atoms with E-state index in [-0.39, 0.29) is 0 Å². The van der Waals surface area contributed by atoms with Crippen LogP contribution in [0.25, 0.3) is 22.0 Å². The number of H-pyrrole nitrogens is 1. The third-order valence-electron chi connectivity index (χ3n) is 5.30. The number of para-hydroxylation sites is 1. The summed E-state index contributed by atoms with van der Waals surface area (Å²) in [6, 6.07) is 19.6. The van der Waals surface area contributed by atoms with Gasteiger partial charge in [0.05, 0.1) is 12.4 Å². The highest BCUT2D eigenvalue weighted by molar-refractivity contribution is 5.80. The largest absolute Gasteiger partial charge is 0.358 e. The fourth-order valence-electron chi connectivity index (χ4n) is 4.04. The standard InChI is InChI=1S/C22H20N4/c1-26-13-18-10-15(17-8-9-23-24-12-17)6-7-19(18)20(14-26)22-11-16-4-2-3-5-21(16)25-22/h2-12,20,25H,13-14H2,1H3. The predicted octanol–water partition coefficient (Wildman–Crippen LogP) is 4.20. The molecule has 0 aliphatic carbocycles. The molecular formula is C22H20N4. The number of hydrogen-bond acceptors (Lipinski definition) is 3. The van der Waals surface area contributed by atoms with E-state index < -0.39 is 0 Å². The van der Waals surface area contributed by atoms with Gasteiger partial charge in [-0.25, -0.2) is 0 Å². The van der Waals surface area contributed by atoms with Crippen LogP contribution in [0.4, 0.5) is 0 Å². The van der Waals surface area contributed by atoms with Crippen molar-refractivity contribution in [2.24, 2.45) is 0 Å². The maximum Gasteiger partial charge on any atom is 0.0574 e. The number of rotatable bonds is 2. The van der Waals surface area contributed by atoms with Gasteiger partial charge in [0, 0.05) is 35.8 Å². The molecule has 0 saturated heterocycles. The van der Waals surface area contributed by atoms with Crippen LogP contribution in [-0.4, -0.2) is 33.7 Å². The molecule has 1 unspecified atom stereocenters. The van der Waals surface area contributed by atoms with E-state index in [1.165, 1.54) is 33.3 Å². The first-order chi connectivity index (χ1) is 12.8. The Labute approximate surface area is 152 Å². The summed E-state index contributed by atoms with van der Waals surface area (Å²) < 4.78 is 0. The predicted molar refractivity (Wildman–Crippen MR) is 104 cm³/mol. The van der Waals surface area contributed by atoms with Crippen LogP contribution in [0.3, 0.4) is 0 Å². The van der Waals surface area contributed by atoms with Gasteiger partial charge in [0.2, 0.25) is 0 Å². The lowest BCUT2D eigenvalue weighted by Crippen LogP contribution is -2.31. The van der Waals surface area contributed by atoms with Crippen molar-refractivity contribution in [3.8, 4) is 11.1 Å². The second-order valence-corrected chi connectivity index (χ2v) is 7.11. The van der Waals surface area contributed by atoms with E-state index >= 15 is 0 Å². The minimum absolute atomic E-state index is 0.362. The second-order valence-electron chi connectivity index (χ2n) is 7.11. The summed E-state index contributed by atoms with van der Waals surface area (Å²) in [5, 5.41) is 9.16. The lowest BCUT2D eigenvalue weighted by Gasteiger charge is -2.32. The Morgan fingerprint density at radius 1 is 1.00 bits per heavy atom. The van der Waals surface area contributed by atoms with Crippen LogP contribution >= 0.6 is 0 Å². The first-order valence-electron chi connectivity index (χ1n) is 8.94. The van der Waals surface area contributed by atoms with Gasteiger partial charge < -0.3 is 9.88 Å². The number of nitrogens with one attached hydrogen (secondary N) is 1. The van der Waals surface area contributed by atoms with Crippen molar-refractivity contribution in [2.45, 2.75) is 12.5 Å². The zero-order valence-electron chi connectivity index (χ0n) is 14.7. The van der Waals surface area contributed by atoms with E-state index in [0.29, 0.717) is 5.92 Å². The van der Waals surface area contributed by atoms with Crippen molar-refractivity contribution >= 4 is 10.9 Å². The molecule has 5 rings (SSSR count). The molecule has 0 saturated carbocycles.